The molecule has 0 bridgehead atoms. The average molecular weight is 1060 g/mol. The first-order valence-corrected chi connectivity index (χ1v) is 31.9. The Morgan fingerprint density at radius 3 is 0.829 bits per heavy atom. The highest BCUT2D eigenvalue weighted by molar-refractivity contribution is 5.71. The molecule has 0 heterocycles. The summed E-state index contributed by atoms with van der Waals surface area (Å²) in [4.78, 5) is 38.3. The highest BCUT2D eigenvalue weighted by Gasteiger charge is 2.19. The maximum absolute atomic E-state index is 12.9. The number of hydrogen-bond donors (Lipinski definition) is 0. The van der Waals surface area contributed by atoms with Gasteiger partial charge in [-0.05, 0) is 128 Å². The van der Waals surface area contributed by atoms with E-state index in [4.69, 9.17) is 14.2 Å². The second kappa shape index (κ2) is 63.6. The van der Waals surface area contributed by atoms with Crippen LogP contribution in [0.2, 0.25) is 0 Å². The zero-order valence-electron chi connectivity index (χ0n) is 49.7. The third-order valence-corrected chi connectivity index (χ3v) is 13.5. The van der Waals surface area contributed by atoms with Crippen LogP contribution in [0.4, 0.5) is 0 Å². The van der Waals surface area contributed by atoms with Crippen LogP contribution in [0.1, 0.15) is 297 Å². The summed E-state index contributed by atoms with van der Waals surface area (Å²) >= 11 is 0. The van der Waals surface area contributed by atoms with E-state index in [1.807, 2.05) is 0 Å². The molecule has 0 aromatic rings. The minimum Gasteiger partial charge on any atom is -0.462 e. The first-order chi connectivity index (χ1) is 37.5. The van der Waals surface area contributed by atoms with Gasteiger partial charge in [0.05, 0.1) is 0 Å². The monoisotopic (exact) mass is 1050 g/mol. The molecule has 0 aromatic carbocycles. The predicted molar refractivity (Wildman–Crippen MR) is 330 cm³/mol. The van der Waals surface area contributed by atoms with E-state index >= 15 is 0 Å². The summed E-state index contributed by atoms with van der Waals surface area (Å²) in [7, 11) is 0. The summed E-state index contributed by atoms with van der Waals surface area (Å²) in [5, 5.41) is 0. The number of unbranched alkanes of at least 4 members (excludes halogenated alkanes) is 28. The molecular formula is C70H118O6. The molecule has 0 rings (SSSR count). The molecule has 6 nitrogen and oxygen atoms in total. The molecule has 0 amide bonds. The highest BCUT2D eigenvalue weighted by Crippen LogP contribution is 2.15. The molecule has 6 heteroatoms. The molecule has 1 unspecified atom stereocenters. The van der Waals surface area contributed by atoms with Gasteiger partial charge in [-0.1, -0.05) is 259 Å². The molecule has 0 saturated carbocycles. The Morgan fingerprint density at radius 1 is 0.276 bits per heavy atom. The van der Waals surface area contributed by atoms with E-state index in [2.05, 4.69) is 130 Å². The van der Waals surface area contributed by atoms with Crippen LogP contribution < -0.4 is 0 Å². The highest BCUT2D eigenvalue weighted by atomic mass is 16.6. The van der Waals surface area contributed by atoms with Gasteiger partial charge in [-0.2, -0.15) is 0 Å². The van der Waals surface area contributed by atoms with E-state index in [0.29, 0.717) is 19.3 Å². The van der Waals surface area contributed by atoms with Gasteiger partial charge < -0.3 is 14.2 Å². The lowest BCUT2D eigenvalue weighted by Gasteiger charge is -2.18. The minimum atomic E-state index is -0.794. The Hall–Kier alpha value is -3.93. The van der Waals surface area contributed by atoms with Gasteiger partial charge in [-0.15, -0.1) is 0 Å². The van der Waals surface area contributed by atoms with Crippen LogP contribution in [0.25, 0.3) is 0 Å². The van der Waals surface area contributed by atoms with Crippen LogP contribution in [0.5, 0.6) is 0 Å². The van der Waals surface area contributed by atoms with Crippen LogP contribution in [0.3, 0.4) is 0 Å². The predicted octanol–water partition coefficient (Wildman–Crippen LogP) is 21.8. The van der Waals surface area contributed by atoms with Crippen molar-refractivity contribution in [2.75, 3.05) is 13.2 Å². The first kappa shape index (κ1) is 72.1. The van der Waals surface area contributed by atoms with E-state index < -0.39 is 6.10 Å². The van der Waals surface area contributed by atoms with Crippen molar-refractivity contribution in [2.24, 2.45) is 0 Å². The van der Waals surface area contributed by atoms with Crippen LogP contribution >= 0.6 is 0 Å². The fourth-order valence-corrected chi connectivity index (χ4v) is 8.71. The van der Waals surface area contributed by atoms with Gasteiger partial charge in [-0.3, -0.25) is 14.4 Å². The molecule has 0 aromatic heterocycles. The Bertz CT molecular complexity index is 1540. The summed E-state index contributed by atoms with van der Waals surface area (Å²) in [5.41, 5.74) is 0. The average Bonchev–Trinajstić information content (AvgIpc) is 3.42. The van der Waals surface area contributed by atoms with Crippen molar-refractivity contribution in [3.8, 4) is 0 Å². The topological polar surface area (TPSA) is 78.9 Å². The fourth-order valence-electron chi connectivity index (χ4n) is 8.71. The largest absolute Gasteiger partial charge is 0.462 e. The summed E-state index contributed by atoms with van der Waals surface area (Å²) in [6, 6.07) is 0. The van der Waals surface area contributed by atoms with Gasteiger partial charge in [0.15, 0.2) is 6.10 Å². The van der Waals surface area contributed by atoms with Gasteiger partial charge >= 0.3 is 17.9 Å². The zero-order chi connectivity index (χ0) is 55.0. The van der Waals surface area contributed by atoms with Gasteiger partial charge in [0.1, 0.15) is 13.2 Å². The lowest BCUT2D eigenvalue weighted by Crippen LogP contribution is -2.30. The van der Waals surface area contributed by atoms with Crippen molar-refractivity contribution in [3.05, 3.63) is 109 Å². The van der Waals surface area contributed by atoms with Crippen LogP contribution in [-0.2, 0) is 28.6 Å². The lowest BCUT2D eigenvalue weighted by molar-refractivity contribution is -0.167. The molecule has 0 saturated heterocycles. The third kappa shape index (κ3) is 60.9. The Morgan fingerprint density at radius 2 is 0.513 bits per heavy atom. The third-order valence-electron chi connectivity index (χ3n) is 13.5. The summed E-state index contributed by atoms with van der Waals surface area (Å²) in [5.74, 6) is -0.912. The molecule has 0 radical (unpaired) electrons. The molecule has 1 atom stereocenters. The molecule has 0 fully saturated rings. The molecule has 0 aliphatic carbocycles. The van der Waals surface area contributed by atoms with Crippen LogP contribution in [0.15, 0.2) is 109 Å². The maximum Gasteiger partial charge on any atom is 0.306 e. The second-order valence-corrected chi connectivity index (χ2v) is 20.9. The summed E-state index contributed by atoms with van der Waals surface area (Å²) in [6.07, 6.45) is 86.5. The van der Waals surface area contributed by atoms with Crippen molar-refractivity contribution in [1.82, 2.24) is 0 Å². The molecule has 76 heavy (non-hydrogen) atoms. The minimum absolute atomic E-state index is 0.0909. The molecule has 0 aliphatic rings. The molecule has 0 N–H and O–H groups in total. The lowest BCUT2D eigenvalue weighted by atomic mass is 10.1. The summed E-state index contributed by atoms with van der Waals surface area (Å²) in [6.45, 7) is 6.48. The number of esters is 3. The standard InChI is InChI=1S/C70H118O6/c1-4-7-10-13-16-19-22-25-28-31-33-34-35-36-38-39-42-45-48-51-54-57-60-63-69(72)75-66-67(65-74-68(71)62-59-56-53-50-47-44-41-30-27-24-21-18-15-12-9-6-3)76-70(73)64-61-58-55-52-49-46-43-40-37-32-29-26-23-20-17-14-11-8-5-2/h7,10,16-17,19-21,24-26,28-30,33-34,36,38,41,67H,4-6,8-9,11-15,18,22-23,27,31-32,35,37,39-40,42-66H2,1-3H3/b10-7-,19-16-,20-17-,24-21-,28-25-,29-26-,34-33-,38-36-,41-30-. The summed E-state index contributed by atoms with van der Waals surface area (Å²) < 4.78 is 16.9. The van der Waals surface area contributed by atoms with Crippen LogP contribution in [-0.4, -0.2) is 37.2 Å². The Labute approximate surface area is 470 Å². The normalized spacial score (nSPS) is 12.8. The van der Waals surface area contributed by atoms with Crippen molar-refractivity contribution in [3.63, 3.8) is 0 Å². The Kier molecular flexibility index (Phi) is 60.3. The first-order valence-electron chi connectivity index (χ1n) is 31.9. The van der Waals surface area contributed by atoms with E-state index in [9.17, 15) is 14.4 Å². The van der Waals surface area contributed by atoms with E-state index in [-0.39, 0.29) is 31.1 Å². The van der Waals surface area contributed by atoms with Crippen molar-refractivity contribution >= 4 is 17.9 Å². The van der Waals surface area contributed by atoms with Crippen molar-refractivity contribution in [2.45, 2.75) is 303 Å². The molecule has 434 valence electrons. The number of carbonyl (C=O) groups excluding carboxylic acids is 3. The number of ether oxygens (including phenoxy) is 3. The van der Waals surface area contributed by atoms with E-state index in [1.165, 1.54) is 128 Å². The smallest absolute Gasteiger partial charge is 0.306 e. The molecule has 0 aliphatic heterocycles. The Balaban J connectivity index is 4.43. The zero-order valence-corrected chi connectivity index (χ0v) is 49.7. The second-order valence-electron chi connectivity index (χ2n) is 20.9. The van der Waals surface area contributed by atoms with Gasteiger partial charge in [0.25, 0.3) is 0 Å². The van der Waals surface area contributed by atoms with Crippen LogP contribution in [0, 0.1) is 0 Å². The quantitative estimate of drug-likeness (QED) is 0.0261. The number of hydrogen-bond acceptors (Lipinski definition) is 6. The number of carbonyl (C=O) groups is 3. The van der Waals surface area contributed by atoms with Gasteiger partial charge in [0, 0.05) is 19.3 Å². The van der Waals surface area contributed by atoms with E-state index in [1.54, 1.807) is 0 Å². The SMILES string of the molecule is CC/C=C\C/C=C\C/C=C\C/C=C\C/C=C\CCCCCCCCCC(=O)OCC(COC(=O)CCCCCCC/C=C\C/C=C\CCCCCC)OC(=O)CCCCCCCCCCC/C=C\C/C=C\CCCCC. The van der Waals surface area contributed by atoms with Crippen molar-refractivity contribution in [1.29, 1.82) is 0 Å². The van der Waals surface area contributed by atoms with Gasteiger partial charge in [0.2, 0.25) is 0 Å². The number of allylic oxidation sites excluding steroid dienone is 18. The van der Waals surface area contributed by atoms with E-state index in [0.717, 1.165) is 128 Å². The van der Waals surface area contributed by atoms with Crippen molar-refractivity contribution < 1.29 is 28.6 Å². The fraction of sp³-hybridized carbons (Fsp3) is 0.700. The maximum atomic E-state index is 12.9. The number of rotatable bonds is 57. The van der Waals surface area contributed by atoms with Gasteiger partial charge in [-0.25, -0.2) is 0 Å². The molecule has 0 spiro atoms. The molecular weight excluding hydrogens is 937 g/mol.